The number of carbonyl (C=O) groups excluding carboxylic acids is 2. The number of halogens is 1. The number of hydrogen-bond acceptors (Lipinski definition) is 4. The van der Waals surface area contributed by atoms with E-state index in [1.54, 1.807) is 6.92 Å². The fourth-order valence-electron chi connectivity index (χ4n) is 4.38. The Morgan fingerprint density at radius 3 is 2.09 bits per heavy atom. The zero-order valence-electron chi connectivity index (χ0n) is 19.0. The minimum atomic E-state index is -1.28. The van der Waals surface area contributed by atoms with Crippen LogP contribution < -0.4 is 10.6 Å². The van der Waals surface area contributed by atoms with Gasteiger partial charge in [0.1, 0.15) is 12.6 Å². The molecule has 0 aliphatic heterocycles. The molecule has 1 aliphatic rings. The molecule has 0 heterocycles. The van der Waals surface area contributed by atoms with E-state index in [1.807, 2.05) is 72.8 Å². The van der Waals surface area contributed by atoms with Gasteiger partial charge in [0.15, 0.2) is 0 Å². The molecule has 2 atom stereocenters. The van der Waals surface area contributed by atoms with Gasteiger partial charge in [-0.05, 0) is 40.8 Å². The van der Waals surface area contributed by atoms with E-state index in [0.29, 0.717) is 0 Å². The van der Waals surface area contributed by atoms with Gasteiger partial charge in [0.05, 0.1) is 12.5 Å². The highest BCUT2D eigenvalue weighted by Crippen LogP contribution is 2.44. The van der Waals surface area contributed by atoms with E-state index in [4.69, 9.17) is 4.74 Å². The van der Waals surface area contributed by atoms with Crippen molar-refractivity contribution in [3.63, 3.8) is 0 Å². The summed E-state index contributed by atoms with van der Waals surface area (Å²) in [5, 5.41) is 14.5. The van der Waals surface area contributed by atoms with Crippen molar-refractivity contribution in [2.75, 3.05) is 6.61 Å². The number of alkyl carbamates (subject to hydrolysis) is 1. The smallest absolute Gasteiger partial charge is 0.407 e. The molecule has 0 aromatic heterocycles. The molecule has 180 valence electrons. The first-order valence-electron chi connectivity index (χ1n) is 11.2. The Kier molecular flexibility index (Phi) is 7.51. The van der Waals surface area contributed by atoms with Crippen LogP contribution in [0.15, 0.2) is 77.3 Å². The first-order valence-corrected chi connectivity index (χ1v) is 12.0. The molecule has 3 aromatic carbocycles. The summed E-state index contributed by atoms with van der Waals surface area (Å²) in [6, 6.07) is 21.6. The standard InChI is InChI=1S/C27H25BrN2O5/c1-16(17-8-6-7-13-23(17)28)29-26(33)24(14-25(31)32)30-27(34)35-15-22-20-11-4-2-9-18(20)19-10-3-5-12-21(19)22/h2-13,16,22,24H,14-15H2,1H3,(H,29,33)(H,30,34)(H,31,32)/t16-,24?/m1/s1. The average molecular weight is 537 g/mol. The maximum atomic E-state index is 12.8. The van der Waals surface area contributed by atoms with Crippen LogP contribution in [0.3, 0.4) is 0 Å². The summed E-state index contributed by atoms with van der Waals surface area (Å²) in [5.41, 5.74) is 5.14. The molecule has 8 heteroatoms. The van der Waals surface area contributed by atoms with Gasteiger partial charge in [0.2, 0.25) is 5.91 Å². The van der Waals surface area contributed by atoms with Gasteiger partial charge in [-0.25, -0.2) is 4.79 Å². The summed E-state index contributed by atoms with van der Waals surface area (Å²) in [6.45, 7) is 1.85. The Morgan fingerprint density at radius 2 is 1.49 bits per heavy atom. The molecule has 0 bridgehead atoms. The summed E-state index contributed by atoms with van der Waals surface area (Å²) in [7, 11) is 0. The van der Waals surface area contributed by atoms with Gasteiger partial charge in [-0.3, -0.25) is 9.59 Å². The largest absolute Gasteiger partial charge is 0.481 e. The van der Waals surface area contributed by atoms with Crippen LogP contribution in [0.25, 0.3) is 11.1 Å². The van der Waals surface area contributed by atoms with Crippen LogP contribution in [0.4, 0.5) is 4.79 Å². The number of nitrogens with one attached hydrogen (secondary N) is 2. The van der Waals surface area contributed by atoms with E-state index in [1.165, 1.54) is 0 Å². The Labute approximate surface area is 211 Å². The van der Waals surface area contributed by atoms with Crippen molar-refractivity contribution in [2.24, 2.45) is 0 Å². The Hall–Kier alpha value is -3.65. The summed E-state index contributed by atoms with van der Waals surface area (Å²) in [6.07, 6.45) is -1.42. The number of aliphatic carboxylic acids is 1. The number of ether oxygens (including phenoxy) is 1. The molecule has 0 saturated heterocycles. The summed E-state index contributed by atoms with van der Waals surface area (Å²) in [4.78, 5) is 36.8. The van der Waals surface area contributed by atoms with E-state index in [-0.39, 0.29) is 12.5 Å². The van der Waals surface area contributed by atoms with Crippen LogP contribution in [0.1, 0.15) is 42.0 Å². The number of carboxylic acids is 1. The highest BCUT2D eigenvalue weighted by Gasteiger charge is 2.30. The molecule has 7 nitrogen and oxygen atoms in total. The number of carbonyl (C=O) groups is 3. The molecule has 2 amide bonds. The topological polar surface area (TPSA) is 105 Å². The zero-order valence-corrected chi connectivity index (χ0v) is 20.6. The number of amides is 2. The second-order valence-corrected chi connectivity index (χ2v) is 9.23. The van der Waals surface area contributed by atoms with Gasteiger partial charge in [0.25, 0.3) is 0 Å². The van der Waals surface area contributed by atoms with Crippen LogP contribution in [0.5, 0.6) is 0 Å². The second-order valence-electron chi connectivity index (χ2n) is 8.37. The van der Waals surface area contributed by atoms with Crippen molar-refractivity contribution in [3.05, 3.63) is 94.0 Å². The number of rotatable bonds is 8. The molecular formula is C27H25BrN2O5. The van der Waals surface area contributed by atoms with Gasteiger partial charge >= 0.3 is 12.1 Å². The number of hydrogen-bond donors (Lipinski definition) is 3. The van der Waals surface area contributed by atoms with Crippen LogP contribution >= 0.6 is 15.9 Å². The first kappa shape index (κ1) is 24.5. The van der Waals surface area contributed by atoms with Crippen LogP contribution in [-0.2, 0) is 14.3 Å². The third-order valence-electron chi connectivity index (χ3n) is 6.06. The third-order valence-corrected chi connectivity index (χ3v) is 6.78. The fraction of sp³-hybridized carbons (Fsp3) is 0.222. The maximum absolute atomic E-state index is 12.8. The fourth-order valence-corrected chi connectivity index (χ4v) is 5.01. The van der Waals surface area contributed by atoms with E-state index in [0.717, 1.165) is 32.3 Å². The molecule has 35 heavy (non-hydrogen) atoms. The van der Waals surface area contributed by atoms with Gasteiger partial charge in [-0.15, -0.1) is 0 Å². The highest BCUT2D eigenvalue weighted by atomic mass is 79.9. The monoisotopic (exact) mass is 536 g/mol. The maximum Gasteiger partial charge on any atom is 0.407 e. The zero-order chi connectivity index (χ0) is 24.9. The lowest BCUT2D eigenvalue weighted by atomic mass is 9.98. The summed E-state index contributed by atoms with van der Waals surface area (Å²) >= 11 is 3.45. The van der Waals surface area contributed by atoms with E-state index < -0.39 is 36.5 Å². The van der Waals surface area contributed by atoms with E-state index in [2.05, 4.69) is 26.6 Å². The van der Waals surface area contributed by atoms with Crippen molar-refractivity contribution in [1.29, 1.82) is 0 Å². The molecule has 0 saturated carbocycles. The predicted octanol–water partition coefficient (Wildman–Crippen LogP) is 5.01. The Morgan fingerprint density at radius 1 is 0.914 bits per heavy atom. The lowest BCUT2D eigenvalue weighted by molar-refractivity contribution is -0.140. The van der Waals surface area contributed by atoms with Gasteiger partial charge in [-0.1, -0.05) is 82.7 Å². The Balaban J connectivity index is 1.42. The number of fused-ring (bicyclic) bond motifs is 3. The molecule has 0 radical (unpaired) electrons. The van der Waals surface area contributed by atoms with E-state index >= 15 is 0 Å². The highest BCUT2D eigenvalue weighted by molar-refractivity contribution is 9.10. The number of carboxylic acid groups (broad SMARTS) is 1. The van der Waals surface area contributed by atoms with Crippen LogP contribution in [-0.4, -0.2) is 35.7 Å². The van der Waals surface area contributed by atoms with Crippen molar-refractivity contribution < 1.29 is 24.2 Å². The van der Waals surface area contributed by atoms with Crippen molar-refractivity contribution in [3.8, 4) is 11.1 Å². The molecule has 3 aromatic rings. The summed E-state index contributed by atoms with van der Waals surface area (Å²) < 4.78 is 6.29. The van der Waals surface area contributed by atoms with Crippen LogP contribution in [0, 0.1) is 0 Å². The van der Waals surface area contributed by atoms with E-state index in [9.17, 15) is 19.5 Å². The quantitative estimate of drug-likeness (QED) is 0.375. The normalized spacial score (nSPS) is 13.8. The molecule has 0 fully saturated rings. The van der Waals surface area contributed by atoms with Crippen LogP contribution in [0.2, 0.25) is 0 Å². The van der Waals surface area contributed by atoms with Gasteiger partial charge < -0.3 is 20.5 Å². The van der Waals surface area contributed by atoms with Crippen molar-refractivity contribution in [1.82, 2.24) is 10.6 Å². The number of benzene rings is 3. The first-order chi connectivity index (χ1) is 16.8. The Bertz CT molecular complexity index is 1220. The molecule has 0 spiro atoms. The van der Waals surface area contributed by atoms with Crippen molar-refractivity contribution >= 4 is 33.9 Å². The lowest BCUT2D eigenvalue weighted by Gasteiger charge is -2.21. The van der Waals surface area contributed by atoms with Gasteiger partial charge in [-0.2, -0.15) is 0 Å². The summed E-state index contributed by atoms with van der Waals surface area (Å²) in [5.74, 6) is -1.96. The minimum absolute atomic E-state index is 0.0641. The molecule has 4 rings (SSSR count). The minimum Gasteiger partial charge on any atom is -0.481 e. The second kappa shape index (κ2) is 10.7. The SMILES string of the molecule is C[C@@H](NC(=O)C(CC(=O)O)NC(=O)OCC1c2ccccc2-c2ccccc21)c1ccccc1Br. The lowest BCUT2D eigenvalue weighted by Crippen LogP contribution is -2.48. The third kappa shape index (κ3) is 5.54. The molecule has 1 aliphatic carbocycles. The van der Waals surface area contributed by atoms with Gasteiger partial charge in [0, 0.05) is 10.4 Å². The molecule has 1 unspecified atom stereocenters. The molecular weight excluding hydrogens is 512 g/mol. The predicted molar refractivity (Wildman–Crippen MR) is 135 cm³/mol. The average Bonchev–Trinajstić information content (AvgIpc) is 3.16. The molecule has 3 N–H and O–H groups in total. The van der Waals surface area contributed by atoms with Crippen molar-refractivity contribution in [2.45, 2.75) is 31.3 Å².